The highest BCUT2D eigenvalue weighted by Crippen LogP contribution is 2.46. The largest absolute Gasteiger partial charge is 0.392 e. The van der Waals surface area contributed by atoms with E-state index in [0.717, 1.165) is 44.5 Å². The fourth-order valence-corrected chi connectivity index (χ4v) is 5.97. The number of aryl methyl sites for hydroxylation is 1. The summed E-state index contributed by atoms with van der Waals surface area (Å²) in [6.45, 7) is 5.54. The monoisotopic (exact) mass is 447 g/mol. The Bertz CT molecular complexity index is 1060. The quantitative estimate of drug-likeness (QED) is 0.657. The molecule has 2 heterocycles. The Morgan fingerprint density at radius 1 is 1.12 bits per heavy atom. The van der Waals surface area contributed by atoms with Gasteiger partial charge in [-0.05, 0) is 42.9 Å². The first-order chi connectivity index (χ1) is 15.9. The highest BCUT2D eigenvalue weighted by molar-refractivity contribution is 6.07. The van der Waals surface area contributed by atoms with Crippen molar-refractivity contribution in [2.75, 3.05) is 25.0 Å². The number of hydrogen-bond donors (Lipinski definition) is 3. The molecule has 2 aromatic carbocycles. The van der Waals surface area contributed by atoms with Gasteiger partial charge < -0.3 is 20.4 Å². The van der Waals surface area contributed by atoms with Crippen LogP contribution in [-0.2, 0) is 16.8 Å². The SMILES string of the molecule is C=C(CC1(O)C(=O)N(C2CCN([C@H]3c4ccccc4CC[C@@H]3O)CC2)c2ccccc21)NC. The van der Waals surface area contributed by atoms with Crippen LogP contribution in [0.15, 0.2) is 60.8 Å². The van der Waals surface area contributed by atoms with E-state index in [1.807, 2.05) is 29.2 Å². The lowest BCUT2D eigenvalue weighted by Crippen LogP contribution is -2.52. The first kappa shape index (κ1) is 22.1. The van der Waals surface area contributed by atoms with Crippen molar-refractivity contribution in [2.24, 2.45) is 0 Å². The summed E-state index contributed by atoms with van der Waals surface area (Å²) in [5, 5.41) is 25.3. The molecule has 6 nitrogen and oxygen atoms in total. The number of aliphatic hydroxyl groups excluding tert-OH is 1. The van der Waals surface area contributed by atoms with Crippen LogP contribution in [0.2, 0.25) is 0 Å². The molecule has 3 aliphatic rings. The molecule has 1 unspecified atom stereocenters. The summed E-state index contributed by atoms with van der Waals surface area (Å²) >= 11 is 0. The van der Waals surface area contributed by atoms with Gasteiger partial charge >= 0.3 is 0 Å². The van der Waals surface area contributed by atoms with E-state index in [-0.39, 0.29) is 30.5 Å². The molecule has 0 spiro atoms. The first-order valence-electron chi connectivity index (χ1n) is 11.9. The van der Waals surface area contributed by atoms with Gasteiger partial charge in [0.15, 0.2) is 5.60 Å². The highest BCUT2D eigenvalue weighted by Gasteiger charge is 2.52. The Kier molecular flexibility index (Phi) is 5.77. The van der Waals surface area contributed by atoms with Crippen LogP contribution in [0.5, 0.6) is 0 Å². The maximum atomic E-state index is 13.6. The minimum atomic E-state index is -1.59. The van der Waals surface area contributed by atoms with Crippen molar-refractivity contribution < 1.29 is 15.0 Å². The summed E-state index contributed by atoms with van der Waals surface area (Å²) < 4.78 is 0. The molecule has 1 aliphatic carbocycles. The number of nitrogens with one attached hydrogen (secondary N) is 1. The number of para-hydroxylation sites is 1. The third kappa shape index (κ3) is 3.66. The molecular formula is C27H33N3O3. The van der Waals surface area contributed by atoms with E-state index >= 15 is 0 Å². The molecule has 2 aliphatic heterocycles. The van der Waals surface area contributed by atoms with Gasteiger partial charge in [0.1, 0.15) is 0 Å². The Morgan fingerprint density at radius 2 is 1.82 bits per heavy atom. The van der Waals surface area contributed by atoms with E-state index in [9.17, 15) is 15.0 Å². The third-order valence-electron chi connectivity index (χ3n) is 7.71. The second kappa shape index (κ2) is 8.60. The van der Waals surface area contributed by atoms with E-state index in [4.69, 9.17) is 0 Å². The van der Waals surface area contributed by atoms with Gasteiger partial charge in [-0.25, -0.2) is 0 Å². The van der Waals surface area contributed by atoms with Crippen LogP contribution >= 0.6 is 0 Å². The smallest absolute Gasteiger partial charge is 0.264 e. The molecule has 1 amide bonds. The lowest BCUT2D eigenvalue weighted by Gasteiger charge is -2.44. The third-order valence-corrected chi connectivity index (χ3v) is 7.71. The van der Waals surface area contributed by atoms with Gasteiger partial charge in [0, 0.05) is 43.9 Å². The van der Waals surface area contributed by atoms with Gasteiger partial charge in [-0.1, -0.05) is 49.0 Å². The maximum Gasteiger partial charge on any atom is 0.264 e. The van der Waals surface area contributed by atoms with Crippen molar-refractivity contribution in [3.05, 3.63) is 77.5 Å². The van der Waals surface area contributed by atoms with E-state index in [1.165, 1.54) is 11.1 Å². The Hall–Kier alpha value is -2.67. The fraction of sp³-hybridized carbons (Fsp3) is 0.444. The molecule has 0 saturated carbocycles. The van der Waals surface area contributed by atoms with Crippen molar-refractivity contribution in [2.45, 2.75) is 55.9 Å². The first-order valence-corrected chi connectivity index (χ1v) is 11.9. The van der Waals surface area contributed by atoms with Crippen molar-refractivity contribution in [3.8, 4) is 0 Å². The number of carbonyl (C=O) groups excluding carboxylic acids is 1. The zero-order chi connectivity index (χ0) is 23.2. The van der Waals surface area contributed by atoms with Crippen LogP contribution in [0.25, 0.3) is 0 Å². The predicted molar refractivity (Wildman–Crippen MR) is 129 cm³/mol. The molecular weight excluding hydrogens is 414 g/mol. The van der Waals surface area contributed by atoms with Crippen LogP contribution in [0, 0.1) is 0 Å². The zero-order valence-corrected chi connectivity index (χ0v) is 19.2. The Morgan fingerprint density at radius 3 is 2.58 bits per heavy atom. The summed E-state index contributed by atoms with van der Waals surface area (Å²) in [7, 11) is 1.75. The minimum absolute atomic E-state index is 0.00773. The van der Waals surface area contributed by atoms with Gasteiger partial charge in [-0.2, -0.15) is 0 Å². The van der Waals surface area contributed by atoms with E-state index < -0.39 is 5.60 Å². The summed E-state index contributed by atoms with van der Waals surface area (Å²) in [4.78, 5) is 17.8. The fourth-order valence-electron chi connectivity index (χ4n) is 5.97. The van der Waals surface area contributed by atoms with Gasteiger partial charge in [0.2, 0.25) is 0 Å². The average Bonchev–Trinajstić information content (AvgIpc) is 3.06. The number of aliphatic hydroxyl groups is 2. The number of amides is 1. The second-order valence-electron chi connectivity index (χ2n) is 9.60. The lowest BCUT2D eigenvalue weighted by atomic mass is 9.83. The van der Waals surface area contributed by atoms with Crippen molar-refractivity contribution in [3.63, 3.8) is 0 Å². The highest BCUT2D eigenvalue weighted by atomic mass is 16.3. The maximum absolute atomic E-state index is 13.6. The molecule has 3 atom stereocenters. The van der Waals surface area contributed by atoms with Crippen LogP contribution in [0.3, 0.4) is 0 Å². The molecule has 2 aromatic rings. The molecule has 174 valence electrons. The summed E-state index contributed by atoms with van der Waals surface area (Å²) in [5.74, 6) is -0.262. The molecule has 0 aromatic heterocycles. The number of rotatable bonds is 5. The number of fused-ring (bicyclic) bond motifs is 2. The van der Waals surface area contributed by atoms with Crippen molar-refractivity contribution in [1.29, 1.82) is 0 Å². The summed E-state index contributed by atoms with van der Waals surface area (Å²) in [6, 6.07) is 16.0. The van der Waals surface area contributed by atoms with Gasteiger partial charge in [0.25, 0.3) is 5.91 Å². The van der Waals surface area contributed by atoms with Gasteiger partial charge in [0.05, 0.1) is 17.8 Å². The summed E-state index contributed by atoms with van der Waals surface area (Å²) in [6.07, 6.45) is 3.08. The Balaban J connectivity index is 1.37. The molecule has 3 N–H and O–H groups in total. The zero-order valence-electron chi connectivity index (χ0n) is 19.2. The minimum Gasteiger partial charge on any atom is -0.392 e. The number of nitrogens with zero attached hydrogens (tertiary/aromatic N) is 2. The molecule has 0 bridgehead atoms. The molecule has 33 heavy (non-hydrogen) atoms. The van der Waals surface area contributed by atoms with Crippen LogP contribution in [-0.4, -0.2) is 53.3 Å². The topological polar surface area (TPSA) is 76.0 Å². The molecule has 1 saturated heterocycles. The van der Waals surface area contributed by atoms with E-state index in [1.54, 1.807) is 7.05 Å². The number of hydrogen-bond acceptors (Lipinski definition) is 5. The molecule has 1 fully saturated rings. The normalized spacial score (nSPS) is 27.8. The van der Waals surface area contributed by atoms with E-state index in [2.05, 4.69) is 41.1 Å². The Labute approximate surface area is 195 Å². The van der Waals surface area contributed by atoms with E-state index in [0.29, 0.717) is 11.3 Å². The van der Waals surface area contributed by atoms with Gasteiger partial charge in [-0.15, -0.1) is 0 Å². The standard InChI is InChI=1S/C27H33N3O3/c1-18(28-2)17-27(33)22-9-5-6-10-23(22)30(26(27)32)20-13-15-29(16-14-20)25-21-8-4-3-7-19(21)11-12-24(25)31/h3-10,20,24-25,28,31,33H,1,11-17H2,2H3/t24-,25-,27?/m0/s1. The average molecular weight is 448 g/mol. The lowest BCUT2D eigenvalue weighted by molar-refractivity contribution is -0.136. The van der Waals surface area contributed by atoms with Crippen LogP contribution < -0.4 is 10.2 Å². The summed E-state index contributed by atoms with van der Waals surface area (Å²) in [5.41, 5.74) is 3.06. The van der Waals surface area contributed by atoms with Crippen molar-refractivity contribution >= 4 is 11.6 Å². The molecule has 6 heteroatoms. The van der Waals surface area contributed by atoms with Crippen LogP contribution in [0.1, 0.15) is 48.4 Å². The molecule has 0 radical (unpaired) electrons. The number of anilines is 1. The van der Waals surface area contributed by atoms with Crippen LogP contribution in [0.4, 0.5) is 5.69 Å². The van der Waals surface area contributed by atoms with Gasteiger partial charge in [-0.3, -0.25) is 9.69 Å². The van der Waals surface area contributed by atoms with Crippen molar-refractivity contribution in [1.82, 2.24) is 10.2 Å². The number of likely N-dealkylation sites (tertiary alicyclic amines) is 1. The molecule has 5 rings (SSSR count). The number of benzene rings is 2. The predicted octanol–water partition coefficient (Wildman–Crippen LogP) is 2.86. The second-order valence-corrected chi connectivity index (χ2v) is 9.60. The number of carbonyl (C=O) groups is 1. The number of piperidine rings is 1.